The number of hydrogen-bond donors (Lipinski definition) is 1. The average Bonchev–Trinajstić information content (AvgIpc) is 2.04. The molecule has 0 bridgehead atoms. The summed E-state index contributed by atoms with van der Waals surface area (Å²) in [6.07, 6.45) is 1.54. The van der Waals surface area contributed by atoms with Crippen molar-refractivity contribution in [2.75, 3.05) is 27.2 Å². The van der Waals surface area contributed by atoms with Crippen LogP contribution in [0.15, 0.2) is 0 Å². The lowest BCUT2D eigenvalue weighted by Crippen LogP contribution is -2.44. The number of hydrogen-bond acceptors (Lipinski definition) is 3. The number of piperidine rings is 1. The number of carbonyl (C=O) groups is 1. The standard InChI is InChI=1S/C8H16N2O2/c1-9(2)10-5-3-7(4-6-10)8(11)12/h7H,3-6H2,1-2H3,(H,11,12). The zero-order valence-electron chi connectivity index (χ0n) is 7.66. The van der Waals surface area contributed by atoms with Gasteiger partial charge < -0.3 is 5.11 Å². The average molecular weight is 172 g/mol. The van der Waals surface area contributed by atoms with Gasteiger partial charge in [-0.3, -0.25) is 4.79 Å². The van der Waals surface area contributed by atoms with Crippen molar-refractivity contribution >= 4 is 5.97 Å². The third kappa shape index (κ3) is 2.19. The van der Waals surface area contributed by atoms with Crippen molar-refractivity contribution in [2.45, 2.75) is 12.8 Å². The van der Waals surface area contributed by atoms with Gasteiger partial charge in [0.05, 0.1) is 5.92 Å². The van der Waals surface area contributed by atoms with Crippen LogP contribution in [0.4, 0.5) is 0 Å². The number of hydrazine groups is 1. The summed E-state index contributed by atoms with van der Waals surface area (Å²) in [5, 5.41) is 12.9. The minimum Gasteiger partial charge on any atom is -0.481 e. The van der Waals surface area contributed by atoms with Crippen LogP contribution in [-0.2, 0) is 4.79 Å². The summed E-state index contributed by atoms with van der Waals surface area (Å²) >= 11 is 0. The molecule has 0 aromatic carbocycles. The van der Waals surface area contributed by atoms with Crippen molar-refractivity contribution < 1.29 is 9.90 Å². The molecule has 1 aliphatic rings. The summed E-state index contributed by atoms with van der Waals surface area (Å²) in [6.45, 7) is 1.73. The predicted octanol–water partition coefficient (Wildman–Crippen LogP) is 0.260. The molecule has 4 nitrogen and oxygen atoms in total. The van der Waals surface area contributed by atoms with E-state index in [4.69, 9.17) is 5.11 Å². The lowest BCUT2D eigenvalue weighted by Gasteiger charge is -2.34. The molecule has 12 heavy (non-hydrogen) atoms. The molecule has 0 saturated carbocycles. The first-order chi connectivity index (χ1) is 5.61. The molecule has 4 heteroatoms. The Morgan fingerprint density at radius 2 is 1.92 bits per heavy atom. The summed E-state index contributed by atoms with van der Waals surface area (Å²) in [7, 11) is 3.97. The quantitative estimate of drug-likeness (QED) is 0.649. The topological polar surface area (TPSA) is 43.8 Å². The second kappa shape index (κ2) is 3.87. The molecule has 1 saturated heterocycles. The second-order valence-corrected chi connectivity index (χ2v) is 3.41. The lowest BCUT2D eigenvalue weighted by molar-refractivity contribution is -0.144. The molecule has 1 N–H and O–H groups in total. The highest BCUT2D eigenvalue weighted by atomic mass is 16.4. The zero-order valence-corrected chi connectivity index (χ0v) is 7.66. The van der Waals surface area contributed by atoms with Gasteiger partial charge in [0.25, 0.3) is 0 Å². The molecular weight excluding hydrogens is 156 g/mol. The first-order valence-electron chi connectivity index (χ1n) is 4.26. The Hall–Kier alpha value is -0.610. The number of carboxylic acids is 1. The third-order valence-corrected chi connectivity index (χ3v) is 2.39. The van der Waals surface area contributed by atoms with Crippen molar-refractivity contribution in [3.8, 4) is 0 Å². The van der Waals surface area contributed by atoms with E-state index >= 15 is 0 Å². The maximum atomic E-state index is 10.6. The van der Waals surface area contributed by atoms with Gasteiger partial charge in [-0.15, -0.1) is 0 Å². The van der Waals surface area contributed by atoms with Crippen LogP contribution in [0.5, 0.6) is 0 Å². The van der Waals surface area contributed by atoms with E-state index in [1.807, 2.05) is 19.1 Å². The Kier molecular flexibility index (Phi) is 3.05. The Labute approximate surface area is 72.7 Å². The minimum absolute atomic E-state index is 0.124. The predicted molar refractivity (Wildman–Crippen MR) is 45.6 cm³/mol. The Morgan fingerprint density at radius 3 is 2.25 bits per heavy atom. The van der Waals surface area contributed by atoms with Gasteiger partial charge in [-0.1, -0.05) is 0 Å². The largest absolute Gasteiger partial charge is 0.481 e. The number of carboxylic acid groups (broad SMARTS) is 1. The summed E-state index contributed by atoms with van der Waals surface area (Å²) in [5.74, 6) is -0.769. The van der Waals surface area contributed by atoms with Gasteiger partial charge in [-0.2, -0.15) is 0 Å². The molecule has 70 valence electrons. The van der Waals surface area contributed by atoms with E-state index in [-0.39, 0.29) is 5.92 Å². The molecule has 0 spiro atoms. The summed E-state index contributed by atoms with van der Waals surface area (Å²) in [6, 6.07) is 0. The van der Waals surface area contributed by atoms with Gasteiger partial charge in [0.2, 0.25) is 0 Å². The van der Waals surface area contributed by atoms with E-state index in [1.165, 1.54) is 0 Å². The van der Waals surface area contributed by atoms with E-state index in [0.29, 0.717) is 0 Å². The van der Waals surface area contributed by atoms with Crippen LogP contribution in [0.3, 0.4) is 0 Å². The van der Waals surface area contributed by atoms with Gasteiger partial charge in [-0.25, -0.2) is 10.0 Å². The minimum atomic E-state index is -0.645. The van der Waals surface area contributed by atoms with Gasteiger partial charge >= 0.3 is 5.97 Å². The molecule has 0 aliphatic carbocycles. The molecule has 1 rings (SSSR count). The number of aliphatic carboxylic acids is 1. The molecule has 1 aliphatic heterocycles. The summed E-state index contributed by atoms with van der Waals surface area (Å²) < 4.78 is 0. The Balaban J connectivity index is 2.34. The monoisotopic (exact) mass is 172 g/mol. The molecule has 0 radical (unpaired) electrons. The van der Waals surface area contributed by atoms with Crippen molar-refractivity contribution in [3.63, 3.8) is 0 Å². The molecule has 0 unspecified atom stereocenters. The van der Waals surface area contributed by atoms with Crippen LogP contribution < -0.4 is 0 Å². The van der Waals surface area contributed by atoms with Gasteiger partial charge in [0.15, 0.2) is 0 Å². The Morgan fingerprint density at radius 1 is 1.42 bits per heavy atom. The molecule has 1 heterocycles. The van der Waals surface area contributed by atoms with Crippen LogP contribution in [0.2, 0.25) is 0 Å². The molecule has 0 aromatic heterocycles. The lowest BCUT2D eigenvalue weighted by atomic mass is 9.98. The van der Waals surface area contributed by atoms with Crippen molar-refractivity contribution in [1.29, 1.82) is 0 Å². The summed E-state index contributed by atoms with van der Waals surface area (Å²) in [5.41, 5.74) is 0. The van der Waals surface area contributed by atoms with E-state index in [9.17, 15) is 4.79 Å². The van der Waals surface area contributed by atoms with E-state index in [0.717, 1.165) is 25.9 Å². The second-order valence-electron chi connectivity index (χ2n) is 3.41. The van der Waals surface area contributed by atoms with Gasteiger partial charge in [0, 0.05) is 27.2 Å². The maximum Gasteiger partial charge on any atom is 0.306 e. The normalized spacial score (nSPS) is 21.6. The van der Waals surface area contributed by atoms with Crippen molar-refractivity contribution in [2.24, 2.45) is 5.92 Å². The first-order valence-corrected chi connectivity index (χ1v) is 4.26. The van der Waals surface area contributed by atoms with Gasteiger partial charge in [-0.05, 0) is 12.8 Å². The number of nitrogens with zero attached hydrogens (tertiary/aromatic N) is 2. The van der Waals surface area contributed by atoms with Gasteiger partial charge in [0.1, 0.15) is 0 Å². The fourth-order valence-corrected chi connectivity index (χ4v) is 1.51. The summed E-state index contributed by atoms with van der Waals surface area (Å²) in [4.78, 5) is 10.6. The highest BCUT2D eigenvalue weighted by Gasteiger charge is 2.24. The molecule has 0 atom stereocenters. The van der Waals surface area contributed by atoms with Crippen LogP contribution >= 0.6 is 0 Å². The first kappa shape index (κ1) is 9.48. The molecular formula is C8H16N2O2. The molecule has 0 aromatic rings. The van der Waals surface area contributed by atoms with Crippen LogP contribution in [-0.4, -0.2) is 48.3 Å². The van der Waals surface area contributed by atoms with E-state index in [1.54, 1.807) is 0 Å². The highest BCUT2D eigenvalue weighted by Crippen LogP contribution is 2.17. The van der Waals surface area contributed by atoms with Crippen LogP contribution in [0, 0.1) is 5.92 Å². The van der Waals surface area contributed by atoms with E-state index in [2.05, 4.69) is 5.01 Å². The van der Waals surface area contributed by atoms with Crippen molar-refractivity contribution in [1.82, 2.24) is 10.0 Å². The fourth-order valence-electron chi connectivity index (χ4n) is 1.51. The highest BCUT2D eigenvalue weighted by molar-refractivity contribution is 5.70. The smallest absolute Gasteiger partial charge is 0.306 e. The van der Waals surface area contributed by atoms with Crippen LogP contribution in [0.1, 0.15) is 12.8 Å². The molecule has 0 amide bonds. The van der Waals surface area contributed by atoms with Crippen molar-refractivity contribution in [3.05, 3.63) is 0 Å². The van der Waals surface area contributed by atoms with Crippen LogP contribution in [0.25, 0.3) is 0 Å². The Bertz CT molecular complexity index is 162. The van der Waals surface area contributed by atoms with E-state index < -0.39 is 5.97 Å². The fraction of sp³-hybridized carbons (Fsp3) is 0.875. The molecule has 1 fully saturated rings. The number of rotatable bonds is 2. The SMILES string of the molecule is CN(C)N1CCC(C(=O)O)CC1. The zero-order chi connectivity index (χ0) is 9.14. The third-order valence-electron chi connectivity index (χ3n) is 2.39. The maximum absolute atomic E-state index is 10.6.